The van der Waals surface area contributed by atoms with Crippen LogP contribution in [0.5, 0.6) is 0 Å². The molecule has 0 radical (unpaired) electrons. The average Bonchev–Trinajstić information content (AvgIpc) is 3.05. The Labute approximate surface area is 118 Å². The zero-order valence-electron chi connectivity index (χ0n) is 12.0. The summed E-state index contributed by atoms with van der Waals surface area (Å²) in [4.78, 5) is 9.04. The molecule has 1 fully saturated rings. The van der Waals surface area contributed by atoms with E-state index in [9.17, 15) is 0 Å². The molecule has 0 aliphatic carbocycles. The molecule has 1 aliphatic rings. The first-order chi connectivity index (χ1) is 9.70. The SMILES string of the molecule is CCCNc1cn2ccnc2c(NC2(C)CCOC2)n1. The van der Waals surface area contributed by atoms with Crippen LogP contribution in [-0.2, 0) is 4.74 Å². The monoisotopic (exact) mass is 275 g/mol. The van der Waals surface area contributed by atoms with E-state index in [4.69, 9.17) is 4.74 Å². The highest BCUT2D eigenvalue weighted by Crippen LogP contribution is 2.25. The summed E-state index contributed by atoms with van der Waals surface area (Å²) < 4.78 is 7.48. The summed E-state index contributed by atoms with van der Waals surface area (Å²) in [6.07, 6.45) is 7.74. The summed E-state index contributed by atoms with van der Waals surface area (Å²) in [7, 11) is 0. The van der Waals surface area contributed by atoms with Gasteiger partial charge in [-0.25, -0.2) is 9.97 Å². The van der Waals surface area contributed by atoms with Gasteiger partial charge in [0, 0.05) is 25.5 Å². The van der Waals surface area contributed by atoms with Gasteiger partial charge in [-0.15, -0.1) is 0 Å². The second-order valence-corrected chi connectivity index (χ2v) is 5.55. The molecule has 6 heteroatoms. The minimum absolute atomic E-state index is 0.0666. The second kappa shape index (κ2) is 5.28. The van der Waals surface area contributed by atoms with Crippen molar-refractivity contribution in [3.63, 3.8) is 0 Å². The van der Waals surface area contributed by atoms with E-state index < -0.39 is 0 Å². The number of hydrogen-bond donors (Lipinski definition) is 2. The third-order valence-electron chi connectivity index (χ3n) is 3.57. The molecule has 0 amide bonds. The predicted octanol–water partition coefficient (Wildman–Crippen LogP) is 2.14. The fourth-order valence-electron chi connectivity index (χ4n) is 2.41. The maximum atomic E-state index is 5.49. The number of rotatable bonds is 5. The first kappa shape index (κ1) is 13.2. The van der Waals surface area contributed by atoms with Crippen molar-refractivity contribution in [3.05, 3.63) is 18.6 Å². The van der Waals surface area contributed by atoms with Crippen LogP contribution in [0.3, 0.4) is 0 Å². The van der Waals surface area contributed by atoms with Gasteiger partial charge in [-0.3, -0.25) is 0 Å². The highest BCUT2D eigenvalue weighted by atomic mass is 16.5. The number of aromatic nitrogens is 3. The molecule has 2 N–H and O–H groups in total. The summed E-state index contributed by atoms with van der Waals surface area (Å²) in [5, 5.41) is 6.83. The minimum Gasteiger partial charge on any atom is -0.379 e. The zero-order chi connectivity index (χ0) is 14.0. The van der Waals surface area contributed by atoms with Crippen LogP contribution in [0.4, 0.5) is 11.6 Å². The topological polar surface area (TPSA) is 63.5 Å². The van der Waals surface area contributed by atoms with Gasteiger partial charge < -0.3 is 19.8 Å². The molecule has 6 nitrogen and oxygen atoms in total. The lowest BCUT2D eigenvalue weighted by molar-refractivity contribution is 0.185. The van der Waals surface area contributed by atoms with E-state index in [0.717, 1.165) is 43.3 Å². The highest BCUT2D eigenvalue weighted by molar-refractivity contribution is 5.66. The molecule has 1 aliphatic heterocycles. The van der Waals surface area contributed by atoms with Crippen molar-refractivity contribution in [2.45, 2.75) is 32.2 Å². The third-order valence-corrected chi connectivity index (χ3v) is 3.57. The number of nitrogens with zero attached hydrogens (tertiary/aromatic N) is 3. The Morgan fingerprint density at radius 3 is 3.15 bits per heavy atom. The van der Waals surface area contributed by atoms with Crippen LogP contribution in [0.1, 0.15) is 26.7 Å². The van der Waals surface area contributed by atoms with Crippen LogP contribution in [-0.4, -0.2) is 39.7 Å². The molecule has 20 heavy (non-hydrogen) atoms. The normalized spacial score (nSPS) is 22.3. The summed E-state index contributed by atoms with van der Waals surface area (Å²) >= 11 is 0. The van der Waals surface area contributed by atoms with Gasteiger partial charge in [0.1, 0.15) is 5.82 Å². The van der Waals surface area contributed by atoms with Gasteiger partial charge in [0.15, 0.2) is 11.5 Å². The van der Waals surface area contributed by atoms with Crippen molar-refractivity contribution in [1.29, 1.82) is 0 Å². The quantitative estimate of drug-likeness (QED) is 0.875. The fourth-order valence-corrected chi connectivity index (χ4v) is 2.41. The lowest BCUT2D eigenvalue weighted by Gasteiger charge is -2.24. The maximum absolute atomic E-state index is 5.49. The van der Waals surface area contributed by atoms with Gasteiger partial charge in [0.2, 0.25) is 0 Å². The Balaban J connectivity index is 1.92. The van der Waals surface area contributed by atoms with Crippen molar-refractivity contribution in [2.75, 3.05) is 30.4 Å². The summed E-state index contributed by atoms with van der Waals surface area (Å²) in [5.41, 5.74) is 0.781. The molecular weight excluding hydrogens is 254 g/mol. The van der Waals surface area contributed by atoms with Gasteiger partial charge in [-0.05, 0) is 19.8 Å². The van der Waals surface area contributed by atoms with Gasteiger partial charge in [0.05, 0.1) is 18.3 Å². The number of fused-ring (bicyclic) bond motifs is 1. The lowest BCUT2D eigenvalue weighted by Crippen LogP contribution is -2.35. The Morgan fingerprint density at radius 2 is 2.40 bits per heavy atom. The molecule has 3 rings (SSSR count). The minimum atomic E-state index is -0.0666. The molecule has 0 saturated carbocycles. The number of anilines is 2. The summed E-state index contributed by atoms with van der Waals surface area (Å²) in [5.74, 6) is 1.67. The number of ether oxygens (including phenoxy) is 1. The van der Waals surface area contributed by atoms with Crippen LogP contribution in [0.25, 0.3) is 5.65 Å². The standard InChI is InChI=1S/C14H21N5O/c1-3-5-15-11-9-19-7-6-16-13(19)12(17-11)18-14(2)4-8-20-10-14/h6-7,9,15H,3-5,8,10H2,1-2H3,(H,17,18). The lowest BCUT2D eigenvalue weighted by atomic mass is 10.0. The van der Waals surface area contributed by atoms with Gasteiger partial charge in [-0.1, -0.05) is 6.92 Å². The predicted molar refractivity (Wildman–Crippen MR) is 79.2 cm³/mol. The van der Waals surface area contributed by atoms with Crippen molar-refractivity contribution < 1.29 is 4.74 Å². The molecule has 0 aromatic carbocycles. The molecular formula is C14H21N5O. The summed E-state index contributed by atoms with van der Waals surface area (Å²) in [6.45, 7) is 6.70. The Kier molecular flexibility index (Phi) is 3.48. The van der Waals surface area contributed by atoms with Crippen LogP contribution < -0.4 is 10.6 Å². The van der Waals surface area contributed by atoms with E-state index in [0.29, 0.717) is 6.61 Å². The van der Waals surface area contributed by atoms with E-state index in [-0.39, 0.29) is 5.54 Å². The van der Waals surface area contributed by atoms with Crippen LogP contribution in [0, 0.1) is 0 Å². The first-order valence-corrected chi connectivity index (χ1v) is 7.14. The molecule has 2 aromatic heterocycles. The van der Waals surface area contributed by atoms with E-state index in [1.165, 1.54) is 0 Å². The fraction of sp³-hybridized carbons (Fsp3) is 0.571. The Bertz CT molecular complexity index is 588. The molecule has 1 atom stereocenters. The van der Waals surface area contributed by atoms with Gasteiger partial charge in [0.25, 0.3) is 0 Å². The van der Waals surface area contributed by atoms with Gasteiger partial charge >= 0.3 is 0 Å². The molecule has 108 valence electrons. The molecule has 0 bridgehead atoms. The van der Waals surface area contributed by atoms with E-state index in [1.54, 1.807) is 6.20 Å². The van der Waals surface area contributed by atoms with Crippen molar-refractivity contribution in [3.8, 4) is 0 Å². The summed E-state index contributed by atoms with van der Waals surface area (Å²) in [6, 6.07) is 0. The van der Waals surface area contributed by atoms with E-state index >= 15 is 0 Å². The molecule has 1 unspecified atom stereocenters. The Morgan fingerprint density at radius 1 is 1.50 bits per heavy atom. The third kappa shape index (κ3) is 2.56. The van der Waals surface area contributed by atoms with Gasteiger partial charge in [-0.2, -0.15) is 0 Å². The Hall–Kier alpha value is -1.82. The molecule has 1 saturated heterocycles. The van der Waals surface area contributed by atoms with Crippen LogP contribution in [0.2, 0.25) is 0 Å². The molecule has 3 heterocycles. The van der Waals surface area contributed by atoms with Crippen molar-refractivity contribution >= 4 is 17.3 Å². The first-order valence-electron chi connectivity index (χ1n) is 7.14. The number of imidazole rings is 1. The zero-order valence-corrected chi connectivity index (χ0v) is 12.0. The van der Waals surface area contributed by atoms with Crippen molar-refractivity contribution in [2.24, 2.45) is 0 Å². The van der Waals surface area contributed by atoms with E-state index in [2.05, 4.69) is 34.4 Å². The smallest absolute Gasteiger partial charge is 0.180 e. The largest absolute Gasteiger partial charge is 0.379 e. The maximum Gasteiger partial charge on any atom is 0.180 e. The average molecular weight is 275 g/mol. The van der Waals surface area contributed by atoms with Crippen LogP contribution >= 0.6 is 0 Å². The number of nitrogens with one attached hydrogen (secondary N) is 2. The van der Waals surface area contributed by atoms with Crippen LogP contribution in [0.15, 0.2) is 18.6 Å². The molecule has 2 aromatic rings. The highest BCUT2D eigenvalue weighted by Gasteiger charge is 2.30. The molecule has 0 spiro atoms. The van der Waals surface area contributed by atoms with E-state index in [1.807, 2.05) is 16.8 Å². The number of hydrogen-bond acceptors (Lipinski definition) is 5. The second-order valence-electron chi connectivity index (χ2n) is 5.55. The van der Waals surface area contributed by atoms with Crippen molar-refractivity contribution in [1.82, 2.24) is 14.4 Å².